The molecule has 0 spiro atoms. The van der Waals surface area contributed by atoms with Crippen LogP contribution in [0.4, 0.5) is 0 Å². The Kier molecular flexibility index (Phi) is 5.22. The summed E-state index contributed by atoms with van der Waals surface area (Å²) in [6.07, 6.45) is 6.03. The SMILES string of the molecule is CC1CCCN(S(=O)(=O)N2CCCCCC2)C1CO. The molecule has 0 bridgehead atoms. The van der Waals surface area contributed by atoms with Gasteiger partial charge in [-0.3, -0.25) is 0 Å². The van der Waals surface area contributed by atoms with Crippen LogP contribution in [0.2, 0.25) is 0 Å². The number of nitrogens with zero attached hydrogens (tertiary/aromatic N) is 2. The van der Waals surface area contributed by atoms with Crippen LogP contribution < -0.4 is 0 Å². The Hall–Kier alpha value is -0.170. The minimum Gasteiger partial charge on any atom is -0.395 e. The number of rotatable bonds is 3. The van der Waals surface area contributed by atoms with Crippen molar-refractivity contribution in [2.45, 2.75) is 51.5 Å². The van der Waals surface area contributed by atoms with Gasteiger partial charge in [-0.25, -0.2) is 0 Å². The molecule has 2 unspecified atom stereocenters. The minimum absolute atomic E-state index is 0.0752. The molecule has 2 atom stereocenters. The Balaban J connectivity index is 2.16. The van der Waals surface area contributed by atoms with Crippen molar-refractivity contribution >= 4 is 10.2 Å². The van der Waals surface area contributed by atoms with E-state index in [-0.39, 0.29) is 18.6 Å². The normalized spacial score (nSPS) is 32.1. The second kappa shape index (κ2) is 6.52. The van der Waals surface area contributed by atoms with Gasteiger partial charge in [-0.15, -0.1) is 0 Å². The lowest BCUT2D eigenvalue weighted by Crippen LogP contribution is -2.54. The molecule has 2 aliphatic heterocycles. The average molecular weight is 290 g/mol. The monoisotopic (exact) mass is 290 g/mol. The molecule has 5 nitrogen and oxygen atoms in total. The fraction of sp³-hybridized carbons (Fsp3) is 1.00. The summed E-state index contributed by atoms with van der Waals surface area (Å²) in [6, 6.07) is -0.248. The van der Waals surface area contributed by atoms with E-state index in [4.69, 9.17) is 0 Å². The maximum atomic E-state index is 12.7. The quantitative estimate of drug-likeness (QED) is 0.849. The smallest absolute Gasteiger partial charge is 0.282 e. The molecular formula is C13H26N2O3S. The third-order valence-electron chi connectivity index (χ3n) is 4.44. The molecule has 0 aromatic rings. The molecule has 1 N–H and O–H groups in total. The van der Waals surface area contributed by atoms with Crippen molar-refractivity contribution in [1.82, 2.24) is 8.61 Å². The molecule has 2 fully saturated rings. The zero-order chi connectivity index (χ0) is 13.9. The van der Waals surface area contributed by atoms with Gasteiger partial charge in [0.05, 0.1) is 12.6 Å². The van der Waals surface area contributed by atoms with Crippen molar-refractivity contribution < 1.29 is 13.5 Å². The molecule has 19 heavy (non-hydrogen) atoms. The lowest BCUT2D eigenvalue weighted by molar-refractivity contribution is 0.107. The molecule has 2 heterocycles. The van der Waals surface area contributed by atoms with E-state index in [9.17, 15) is 13.5 Å². The standard InChI is InChI=1S/C13H26N2O3S/c1-12-7-6-10-15(13(12)11-16)19(17,18)14-8-4-2-3-5-9-14/h12-13,16H,2-11H2,1H3. The molecule has 0 amide bonds. The molecule has 0 radical (unpaired) electrons. The Labute approximate surface area is 116 Å². The molecular weight excluding hydrogens is 264 g/mol. The van der Waals surface area contributed by atoms with Gasteiger partial charge in [-0.1, -0.05) is 19.8 Å². The Morgan fingerprint density at radius 3 is 2.26 bits per heavy atom. The highest BCUT2D eigenvalue weighted by Crippen LogP contribution is 2.28. The van der Waals surface area contributed by atoms with E-state index in [0.717, 1.165) is 38.5 Å². The Morgan fingerprint density at radius 2 is 1.68 bits per heavy atom. The van der Waals surface area contributed by atoms with Gasteiger partial charge in [0.25, 0.3) is 10.2 Å². The van der Waals surface area contributed by atoms with Gasteiger partial charge in [0.1, 0.15) is 0 Å². The number of aliphatic hydroxyl groups excluding tert-OH is 1. The summed E-state index contributed by atoms with van der Waals surface area (Å²) >= 11 is 0. The van der Waals surface area contributed by atoms with Gasteiger partial charge in [0, 0.05) is 19.6 Å². The number of aliphatic hydroxyl groups is 1. The minimum atomic E-state index is -3.40. The van der Waals surface area contributed by atoms with Gasteiger partial charge < -0.3 is 5.11 Å². The van der Waals surface area contributed by atoms with Crippen LogP contribution in [0.5, 0.6) is 0 Å². The van der Waals surface area contributed by atoms with E-state index in [1.165, 1.54) is 0 Å². The van der Waals surface area contributed by atoms with Gasteiger partial charge in [0.2, 0.25) is 0 Å². The summed E-state index contributed by atoms with van der Waals surface area (Å²) in [5, 5.41) is 9.52. The number of hydrogen-bond acceptors (Lipinski definition) is 3. The van der Waals surface area contributed by atoms with E-state index >= 15 is 0 Å². The van der Waals surface area contributed by atoms with Gasteiger partial charge in [0.15, 0.2) is 0 Å². The molecule has 0 saturated carbocycles. The fourth-order valence-electron chi connectivity index (χ4n) is 3.19. The summed E-state index contributed by atoms with van der Waals surface area (Å²) in [7, 11) is -3.40. The maximum absolute atomic E-state index is 12.7. The zero-order valence-corrected chi connectivity index (χ0v) is 12.6. The predicted octanol–water partition coefficient (Wildman–Crippen LogP) is 1.20. The second-order valence-corrected chi connectivity index (χ2v) is 7.68. The van der Waals surface area contributed by atoms with Gasteiger partial charge in [-0.05, 0) is 31.6 Å². The van der Waals surface area contributed by atoms with Crippen LogP contribution in [0.3, 0.4) is 0 Å². The largest absolute Gasteiger partial charge is 0.395 e. The van der Waals surface area contributed by atoms with Crippen molar-refractivity contribution in [1.29, 1.82) is 0 Å². The molecule has 2 rings (SSSR count). The van der Waals surface area contributed by atoms with Crippen LogP contribution in [0.15, 0.2) is 0 Å². The van der Waals surface area contributed by atoms with Crippen molar-refractivity contribution in [3.63, 3.8) is 0 Å². The third-order valence-corrected chi connectivity index (χ3v) is 6.50. The summed E-state index contributed by atoms with van der Waals surface area (Å²) in [4.78, 5) is 0. The van der Waals surface area contributed by atoms with E-state index in [0.29, 0.717) is 19.6 Å². The Morgan fingerprint density at radius 1 is 1.05 bits per heavy atom. The van der Waals surface area contributed by atoms with Crippen molar-refractivity contribution in [2.24, 2.45) is 5.92 Å². The van der Waals surface area contributed by atoms with E-state index in [1.807, 2.05) is 6.92 Å². The van der Waals surface area contributed by atoms with E-state index in [1.54, 1.807) is 8.61 Å². The average Bonchev–Trinajstić information content (AvgIpc) is 2.67. The first-order valence-electron chi connectivity index (χ1n) is 7.45. The molecule has 0 aromatic carbocycles. The molecule has 112 valence electrons. The maximum Gasteiger partial charge on any atom is 0.282 e. The van der Waals surface area contributed by atoms with Crippen molar-refractivity contribution in [3.05, 3.63) is 0 Å². The fourth-order valence-corrected chi connectivity index (χ4v) is 5.18. The van der Waals surface area contributed by atoms with Crippen LogP contribution in [0, 0.1) is 5.92 Å². The summed E-state index contributed by atoms with van der Waals surface area (Å²) < 4.78 is 28.7. The first-order valence-corrected chi connectivity index (χ1v) is 8.85. The topological polar surface area (TPSA) is 60.9 Å². The number of hydrogen-bond donors (Lipinski definition) is 1. The highest BCUT2D eigenvalue weighted by Gasteiger charge is 2.39. The predicted molar refractivity (Wildman–Crippen MR) is 74.9 cm³/mol. The number of piperidine rings is 1. The lowest BCUT2D eigenvalue weighted by atomic mass is 9.93. The molecule has 2 aliphatic rings. The van der Waals surface area contributed by atoms with Gasteiger partial charge in [-0.2, -0.15) is 17.0 Å². The first-order chi connectivity index (χ1) is 9.07. The van der Waals surface area contributed by atoms with Crippen molar-refractivity contribution in [3.8, 4) is 0 Å². The molecule has 2 saturated heterocycles. The first kappa shape index (κ1) is 15.2. The van der Waals surface area contributed by atoms with Crippen molar-refractivity contribution in [2.75, 3.05) is 26.2 Å². The van der Waals surface area contributed by atoms with E-state index < -0.39 is 10.2 Å². The molecule has 0 aromatic heterocycles. The zero-order valence-electron chi connectivity index (χ0n) is 11.8. The van der Waals surface area contributed by atoms with E-state index in [2.05, 4.69) is 0 Å². The summed E-state index contributed by atoms with van der Waals surface area (Å²) in [6.45, 7) is 3.77. The second-order valence-electron chi connectivity index (χ2n) is 5.80. The van der Waals surface area contributed by atoms with Crippen LogP contribution in [0.25, 0.3) is 0 Å². The Bertz CT molecular complexity index is 377. The summed E-state index contributed by atoms with van der Waals surface area (Å²) in [5.74, 6) is 0.237. The lowest BCUT2D eigenvalue weighted by Gasteiger charge is -2.40. The van der Waals surface area contributed by atoms with Crippen LogP contribution in [-0.4, -0.2) is 54.4 Å². The highest BCUT2D eigenvalue weighted by molar-refractivity contribution is 7.86. The summed E-state index contributed by atoms with van der Waals surface area (Å²) in [5.41, 5.74) is 0. The van der Waals surface area contributed by atoms with Gasteiger partial charge >= 0.3 is 0 Å². The highest BCUT2D eigenvalue weighted by atomic mass is 32.2. The molecule has 0 aliphatic carbocycles. The van der Waals surface area contributed by atoms with Crippen LogP contribution in [-0.2, 0) is 10.2 Å². The van der Waals surface area contributed by atoms with Crippen LogP contribution >= 0.6 is 0 Å². The third kappa shape index (κ3) is 3.29. The molecule has 6 heteroatoms. The van der Waals surface area contributed by atoms with Crippen LogP contribution in [0.1, 0.15) is 45.4 Å².